The van der Waals surface area contributed by atoms with Crippen molar-refractivity contribution >= 4 is 90.8 Å². The first-order valence-corrected chi connectivity index (χ1v) is 21.2. The second-order valence-electron chi connectivity index (χ2n) is 13.8. The summed E-state index contributed by atoms with van der Waals surface area (Å²) in [6, 6.07) is 81.3. The van der Waals surface area contributed by atoms with Crippen LogP contribution in [0.4, 0.5) is 0 Å². The van der Waals surface area contributed by atoms with Gasteiger partial charge in [-0.1, -0.05) is 218 Å². The van der Waals surface area contributed by atoms with Crippen molar-refractivity contribution in [2.24, 2.45) is 0 Å². The summed E-state index contributed by atoms with van der Waals surface area (Å²) in [5.74, 6) is 0. The molecule has 0 saturated heterocycles. The lowest BCUT2D eigenvalue weighted by molar-refractivity contribution is 1.66. The summed E-state index contributed by atoms with van der Waals surface area (Å²) >= 11 is 0. The van der Waals surface area contributed by atoms with E-state index in [0.717, 1.165) is 0 Å². The van der Waals surface area contributed by atoms with Gasteiger partial charge in [-0.15, -0.1) is 0 Å². The van der Waals surface area contributed by atoms with Gasteiger partial charge in [0.15, 0.2) is 0 Å². The molecule has 0 fully saturated rings. The molecule has 0 heterocycles. The smallest absolute Gasteiger partial charge is 0.00724 e. The lowest BCUT2D eigenvalue weighted by Gasteiger charge is -2.23. The Morgan fingerprint density at radius 2 is 0.444 bits per heavy atom. The summed E-state index contributed by atoms with van der Waals surface area (Å²) in [5.41, 5.74) is 2.46. The van der Waals surface area contributed by atoms with Gasteiger partial charge >= 0.3 is 0 Å². The van der Waals surface area contributed by atoms with Gasteiger partial charge in [0, 0.05) is 0 Å². The predicted molar refractivity (Wildman–Crippen MR) is 239 cm³/mol. The molecule has 0 amide bonds. The van der Waals surface area contributed by atoms with Crippen LogP contribution < -0.4 is 31.8 Å². The monoisotopic (exact) mass is 722 g/mol. The molecule has 0 nitrogen and oxygen atoms in total. The molecule has 0 saturated carbocycles. The molecule has 10 aromatic carbocycles. The van der Waals surface area contributed by atoms with Crippen LogP contribution in [0.1, 0.15) is 0 Å². The fourth-order valence-electron chi connectivity index (χ4n) is 8.03. The van der Waals surface area contributed by atoms with E-state index in [2.05, 4.69) is 218 Å². The summed E-state index contributed by atoms with van der Waals surface area (Å²) < 4.78 is 0. The maximum Gasteiger partial charge on any atom is -0.00724 e. The number of benzene rings is 10. The third kappa shape index (κ3) is 5.90. The van der Waals surface area contributed by atoms with Gasteiger partial charge in [0.25, 0.3) is 0 Å². The van der Waals surface area contributed by atoms with Crippen LogP contribution in [0.5, 0.6) is 0 Å². The Morgan fingerprint density at radius 3 is 0.722 bits per heavy atom. The first-order chi connectivity index (χ1) is 26.8. The number of fused-ring (bicyclic) bond motifs is 4. The zero-order valence-electron chi connectivity index (χ0n) is 29.7. The van der Waals surface area contributed by atoms with E-state index in [1.807, 2.05) is 0 Å². The minimum atomic E-state index is -0.819. The molecule has 54 heavy (non-hydrogen) atoms. The van der Waals surface area contributed by atoms with Crippen LogP contribution in [0.3, 0.4) is 0 Å². The maximum atomic E-state index is 2.37. The maximum absolute atomic E-state index is 2.37. The Labute approximate surface area is 318 Å². The van der Waals surface area contributed by atoms with E-state index >= 15 is 0 Å². The van der Waals surface area contributed by atoms with E-state index in [9.17, 15) is 0 Å². The molecule has 2 heteroatoms. The highest BCUT2D eigenvalue weighted by Crippen LogP contribution is 2.40. The van der Waals surface area contributed by atoms with E-state index in [0.29, 0.717) is 0 Å². The second-order valence-corrected chi connectivity index (χ2v) is 18.1. The van der Waals surface area contributed by atoms with E-state index in [4.69, 9.17) is 0 Å². The molecule has 0 atom stereocenters. The van der Waals surface area contributed by atoms with Crippen LogP contribution in [0.2, 0.25) is 0 Å². The van der Waals surface area contributed by atoms with Crippen molar-refractivity contribution in [1.29, 1.82) is 0 Å². The largest absolute Gasteiger partial charge is 0.0616 e. The van der Waals surface area contributed by atoms with Gasteiger partial charge < -0.3 is 0 Å². The quantitative estimate of drug-likeness (QED) is 0.144. The van der Waals surface area contributed by atoms with Crippen molar-refractivity contribution in [2.75, 3.05) is 0 Å². The molecule has 0 unspecified atom stereocenters. The SMILES string of the molecule is c1ccc2c(P(c3ccc(-c4ccc(P(c5cccc6ccccc56)c5cccc6ccccc56)cc4)cc3)c3cccc4ccccc34)cccc2c1. The summed E-state index contributed by atoms with van der Waals surface area (Å²) in [6.07, 6.45) is 0. The van der Waals surface area contributed by atoms with Gasteiger partial charge in [0.05, 0.1) is 0 Å². The zero-order chi connectivity index (χ0) is 35.8. The lowest BCUT2D eigenvalue weighted by Crippen LogP contribution is -2.22. The fraction of sp³-hybridized carbons (Fsp3) is 0. The molecule has 10 rings (SSSR count). The Kier molecular flexibility index (Phi) is 8.58. The molecule has 0 aliphatic rings. The highest BCUT2D eigenvalue weighted by atomic mass is 31.1. The first kappa shape index (κ1) is 32.7. The average molecular weight is 723 g/mol. The summed E-state index contributed by atoms with van der Waals surface area (Å²) in [7, 11) is -1.64. The molecule has 0 N–H and O–H groups in total. The van der Waals surface area contributed by atoms with Crippen LogP contribution in [0.25, 0.3) is 54.2 Å². The number of rotatable bonds is 7. The molecule has 0 aliphatic heterocycles. The van der Waals surface area contributed by atoms with Crippen LogP contribution in [-0.2, 0) is 0 Å². The summed E-state index contributed by atoms with van der Waals surface area (Å²) in [6.45, 7) is 0. The van der Waals surface area contributed by atoms with Gasteiger partial charge in [-0.25, -0.2) is 0 Å². The van der Waals surface area contributed by atoms with E-state index in [1.165, 1.54) is 86.0 Å². The van der Waals surface area contributed by atoms with Crippen LogP contribution in [0, 0.1) is 0 Å². The molecular weight excluding hydrogens is 687 g/mol. The molecule has 0 aliphatic carbocycles. The molecule has 254 valence electrons. The minimum Gasteiger partial charge on any atom is -0.0616 e. The molecule has 0 bridgehead atoms. The van der Waals surface area contributed by atoms with E-state index in [-0.39, 0.29) is 0 Å². The van der Waals surface area contributed by atoms with Gasteiger partial charge in [-0.05, 0) is 102 Å². The molecular formula is C52H36P2. The third-order valence-electron chi connectivity index (χ3n) is 10.6. The lowest BCUT2D eigenvalue weighted by atomic mass is 10.1. The standard InChI is InChI=1S/C52H36P2/c1-5-21-45-39(13-1)17-9-25-49(45)53(50-26-10-18-40-14-2-6-22-46(40)50)43-33-29-37(30-34-43)38-31-35-44(36-32-38)54(51-27-11-19-41-15-3-7-23-47(41)51)52-28-12-20-42-16-4-8-24-48(42)52/h1-36H. The van der Waals surface area contributed by atoms with Crippen molar-refractivity contribution in [3.8, 4) is 11.1 Å². The van der Waals surface area contributed by atoms with Gasteiger partial charge in [-0.3, -0.25) is 0 Å². The van der Waals surface area contributed by atoms with Crippen molar-refractivity contribution in [1.82, 2.24) is 0 Å². The highest BCUT2D eigenvalue weighted by molar-refractivity contribution is 7.81. The van der Waals surface area contributed by atoms with Crippen LogP contribution in [-0.4, -0.2) is 0 Å². The second kappa shape index (κ2) is 14.2. The molecule has 0 aromatic heterocycles. The van der Waals surface area contributed by atoms with Crippen molar-refractivity contribution < 1.29 is 0 Å². The Hall–Kier alpha value is -5.90. The van der Waals surface area contributed by atoms with Crippen LogP contribution >= 0.6 is 15.8 Å². The van der Waals surface area contributed by atoms with Crippen molar-refractivity contribution in [3.05, 3.63) is 218 Å². The first-order valence-electron chi connectivity index (χ1n) is 18.5. The Bertz CT molecular complexity index is 2560. The van der Waals surface area contributed by atoms with Gasteiger partial charge in [0.2, 0.25) is 0 Å². The van der Waals surface area contributed by atoms with Gasteiger partial charge in [-0.2, -0.15) is 0 Å². The summed E-state index contributed by atoms with van der Waals surface area (Å²) in [4.78, 5) is 0. The van der Waals surface area contributed by atoms with E-state index in [1.54, 1.807) is 0 Å². The molecule has 10 aromatic rings. The topological polar surface area (TPSA) is 0 Å². The summed E-state index contributed by atoms with van der Waals surface area (Å²) in [5, 5.41) is 18.7. The highest BCUT2D eigenvalue weighted by Gasteiger charge is 2.23. The van der Waals surface area contributed by atoms with Crippen molar-refractivity contribution in [3.63, 3.8) is 0 Å². The third-order valence-corrected chi connectivity index (χ3v) is 15.7. The Morgan fingerprint density at radius 1 is 0.204 bits per heavy atom. The van der Waals surface area contributed by atoms with Gasteiger partial charge in [0.1, 0.15) is 0 Å². The Balaban J connectivity index is 1.07. The fourth-order valence-corrected chi connectivity index (χ4v) is 13.3. The van der Waals surface area contributed by atoms with Crippen LogP contribution in [0.15, 0.2) is 218 Å². The normalized spacial score (nSPS) is 11.7. The zero-order valence-corrected chi connectivity index (χ0v) is 31.5. The number of hydrogen-bond acceptors (Lipinski definition) is 0. The number of hydrogen-bond donors (Lipinski definition) is 0. The average Bonchev–Trinajstić information content (AvgIpc) is 3.25. The minimum absolute atomic E-state index is 0.819. The van der Waals surface area contributed by atoms with Crippen molar-refractivity contribution in [2.45, 2.75) is 0 Å². The molecule has 0 radical (unpaired) electrons. The van der Waals surface area contributed by atoms with E-state index < -0.39 is 15.8 Å². The predicted octanol–water partition coefficient (Wildman–Crippen LogP) is 11.5. The molecule has 0 spiro atoms.